The largest absolute Gasteiger partial charge is 0.389 e. The van der Waals surface area contributed by atoms with E-state index in [1.165, 1.54) is 12.8 Å². The van der Waals surface area contributed by atoms with Crippen LogP contribution in [0.5, 0.6) is 0 Å². The van der Waals surface area contributed by atoms with E-state index >= 15 is 0 Å². The van der Waals surface area contributed by atoms with E-state index in [1.807, 2.05) is 12.1 Å². The first-order valence-corrected chi connectivity index (χ1v) is 7.17. The van der Waals surface area contributed by atoms with E-state index in [9.17, 15) is 5.11 Å². The lowest BCUT2D eigenvalue weighted by Crippen LogP contribution is -2.25. The number of nitriles is 1. The Labute approximate surface area is 121 Å². The minimum Gasteiger partial charge on any atom is -0.389 e. The van der Waals surface area contributed by atoms with Crippen LogP contribution in [0.15, 0.2) is 22.7 Å². The molecular formula is C14H17BrN2O2. The summed E-state index contributed by atoms with van der Waals surface area (Å²) < 4.78 is 6.32. The highest BCUT2D eigenvalue weighted by atomic mass is 79.9. The Balaban J connectivity index is 1.77. The van der Waals surface area contributed by atoms with Crippen molar-refractivity contribution in [1.29, 1.82) is 5.26 Å². The average Bonchev–Trinajstić information content (AvgIpc) is 3.20. The molecule has 1 aromatic rings. The average molecular weight is 325 g/mol. The van der Waals surface area contributed by atoms with Gasteiger partial charge in [-0.25, -0.2) is 0 Å². The third kappa shape index (κ3) is 4.83. The summed E-state index contributed by atoms with van der Waals surface area (Å²) in [5, 5.41) is 21.9. The minimum absolute atomic E-state index is 0.333. The molecule has 0 saturated heterocycles. The van der Waals surface area contributed by atoms with Crippen molar-refractivity contribution in [2.45, 2.75) is 18.9 Å². The number of aliphatic hydroxyl groups is 1. The molecule has 1 atom stereocenters. The highest BCUT2D eigenvalue weighted by molar-refractivity contribution is 9.10. The van der Waals surface area contributed by atoms with Crippen molar-refractivity contribution in [3.8, 4) is 6.07 Å². The zero-order chi connectivity index (χ0) is 13.7. The highest BCUT2D eigenvalue weighted by Crippen LogP contribution is 2.28. The van der Waals surface area contributed by atoms with Gasteiger partial charge in [-0.1, -0.05) is 15.9 Å². The van der Waals surface area contributed by atoms with Crippen LogP contribution in [0.2, 0.25) is 0 Å². The summed E-state index contributed by atoms with van der Waals surface area (Å²) in [6, 6.07) is 7.50. The summed E-state index contributed by atoms with van der Waals surface area (Å²) in [4.78, 5) is 0. The number of ether oxygens (including phenoxy) is 1. The number of rotatable bonds is 7. The molecule has 0 aliphatic heterocycles. The second-order valence-corrected chi connectivity index (χ2v) is 5.73. The van der Waals surface area contributed by atoms with Gasteiger partial charge in [0.2, 0.25) is 0 Å². The third-order valence-corrected chi connectivity index (χ3v) is 3.48. The van der Waals surface area contributed by atoms with Gasteiger partial charge in [-0.15, -0.1) is 0 Å². The zero-order valence-electron chi connectivity index (χ0n) is 10.6. The van der Waals surface area contributed by atoms with Crippen molar-refractivity contribution in [3.63, 3.8) is 0 Å². The van der Waals surface area contributed by atoms with Gasteiger partial charge in [0, 0.05) is 17.6 Å². The molecule has 0 spiro atoms. The van der Waals surface area contributed by atoms with Crippen LogP contribution in [0.3, 0.4) is 0 Å². The van der Waals surface area contributed by atoms with E-state index in [0.29, 0.717) is 24.6 Å². The second-order valence-electron chi connectivity index (χ2n) is 4.82. The van der Waals surface area contributed by atoms with Gasteiger partial charge in [-0.2, -0.15) is 5.26 Å². The van der Waals surface area contributed by atoms with Crippen molar-refractivity contribution in [3.05, 3.63) is 28.2 Å². The van der Waals surface area contributed by atoms with Crippen LogP contribution < -0.4 is 5.32 Å². The van der Waals surface area contributed by atoms with Gasteiger partial charge in [0.15, 0.2) is 0 Å². The van der Waals surface area contributed by atoms with Crippen molar-refractivity contribution in [2.24, 2.45) is 5.92 Å². The quantitative estimate of drug-likeness (QED) is 0.808. The number of hydrogen-bond donors (Lipinski definition) is 2. The van der Waals surface area contributed by atoms with Crippen molar-refractivity contribution >= 4 is 21.6 Å². The molecule has 2 N–H and O–H groups in total. The molecule has 1 saturated carbocycles. The molecule has 0 aromatic heterocycles. The minimum atomic E-state index is -0.565. The number of benzene rings is 1. The van der Waals surface area contributed by atoms with Crippen molar-refractivity contribution in [1.82, 2.24) is 0 Å². The lowest BCUT2D eigenvalue weighted by Gasteiger charge is -2.14. The highest BCUT2D eigenvalue weighted by Gasteiger charge is 2.21. The van der Waals surface area contributed by atoms with E-state index in [-0.39, 0.29) is 0 Å². The molecule has 1 aliphatic carbocycles. The Bertz CT molecular complexity index is 469. The Hall–Kier alpha value is -1.09. The molecule has 0 heterocycles. The molecule has 0 radical (unpaired) electrons. The van der Waals surface area contributed by atoms with Crippen LogP contribution in [0.4, 0.5) is 5.69 Å². The number of anilines is 1. The van der Waals surface area contributed by atoms with E-state index in [4.69, 9.17) is 10.00 Å². The molecule has 1 fully saturated rings. The molecule has 102 valence electrons. The predicted octanol–water partition coefficient (Wildman–Crippen LogP) is 2.52. The van der Waals surface area contributed by atoms with Gasteiger partial charge in [-0.3, -0.25) is 0 Å². The topological polar surface area (TPSA) is 65.3 Å². The van der Waals surface area contributed by atoms with Crippen LogP contribution in [0, 0.1) is 17.2 Å². The van der Waals surface area contributed by atoms with Crippen LogP contribution in [0.25, 0.3) is 0 Å². The monoisotopic (exact) mass is 324 g/mol. The molecule has 1 aromatic carbocycles. The normalized spacial score (nSPS) is 15.8. The smallest absolute Gasteiger partial charge is 0.101 e. The lowest BCUT2D eigenvalue weighted by molar-refractivity contribution is 0.0386. The maximum Gasteiger partial charge on any atom is 0.101 e. The van der Waals surface area contributed by atoms with Gasteiger partial charge in [0.05, 0.1) is 24.0 Å². The third-order valence-electron chi connectivity index (χ3n) is 2.99. The first-order chi connectivity index (χ1) is 9.19. The fraction of sp³-hybridized carbons (Fsp3) is 0.500. The number of hydrogen-bond acceptors (Lipinski definition) is 4. The Morgan fingerprint density at radius 1 is 1.53 bits per heavy atom. The first kappa shape index (κ1) is 14.3. The van der Waals surface area contributed by atoms with Gasteiger partial charge in [0.25, 0.3) is 0 Å². The Kier molecular flexibility index (Phi) is 5.20. The fourth-order valence-electron chi connectivity index (χ4n) is 1.70. The Morgan fingerprint density at radius 3 is 3.00 bits per heavy atom. The summed E-state index contributed by atoms with van der Waals surface area (Å²) >= 11 is 3.36. The molecule has 0 bridgehead atoms. The lowest BCUT2D eigenvalue weighted by atomic mass is 10.2. The van der Waals surface area contributed by atoms with Gasteiger partial charge < -0.3 is 15.2 Å². The van der Waals surface area contributed by atoms with Crippen molar-refractivity contribution in [2.75, 3.05) is 25.1 Å². The summed E-state index contributed by atoms with van der Waals surface area (Å²) in [6.07, 6.45) is 1.93. The van der Waals surface area contributed by atoms with Crippen LogP contribution in [-0.4, -0.2) is 31.0 Å². The number of nitrogens with zero attached hydrogens (tertiary/aromatic N) is 1. The van der Waals surface area contributed by atoms with Crippen molar-refractivity contribution < 1.29 is 9.84 Å². The summed E-state index contributed by atoms with van der Waals surface area (Å²) in [7, 11) is 0. The van der Waals surface area contributed by atoms with E-state index in [1.54, 1.807) is 6.07 Å². The number of nitrogens with one attached hydrogen (secondary N) is 1. The molecule has 5 heteroatoms. The van der Waals surface area contributed by atoms with E-state index in [0.717, 1.165) is 16.8 Å². The zero-order valence-corrected chi connectivity index (χ0v) is 12.2. The molecule has 0 amide bonds. The van der Waals surface area contributed by atoms with Gasteiger partial charge >= 0.3 is 0 Å². The maximum absolute atomic E-state index is 9.79. The Morgan fingerprint density at radius 2 is 2.32 bits per heavy atom. The number of halogens is 1. The standard InChI is InChI=1S/C14H17BrN2O2/c15-12-4-3-11(6-16)14(5-12)17-7-13(18)9-19-8-10-1-2-10/h3-5,10,13,17-18H,1-2,7-9H2. The van der Waals surface area contributed by atoms with E-state index in [2.05, 4.69) is 27.3 Å². The van der Waals surface area contributed by atoms with Crippen LogP contribution >= 0.6 is 15.9 Å². The number of aliphatic hydroxyl groups excluding tert-OH is 1. The van der Waals surface area contributed by atoms with E-state index < -0.39 is 6.10 Å². The van der Waals surface area contributed by atoms with Crippen LogP contribution in [-0.2, 0) is 4.74 Å². The molecule has 4 nitrogen and oxygen atoms in total. The molecule has 1 aliphatic rings. The molecule has 1 unspecified atom stereocenters. The maximum atomic E-state index is 9.79. The molecule has 2 rings (SSSR count). The predicted molar refractivity (Wildman–Crippen MR) is 76.9 cm³/mol. The van der Waals surface area contributed by atoms with Crippen LogP contribution in [0.1, 0.15) is 18.4 Å². The summed E-state index contributed by atoms with van der Waals surface area (Å²) in [5.41, 5.74) is 1.28. The summed E-state index contributed by atoms with van der Waals surface area (Å²) in [5.74, 6) is 0.704. The van der Waals surface area contributed by atoms with Gasteiger partial charge in [-0.05, 0) is 37.0 Å². The molecule has 19 heavy (non-hydrogen) atoms. The SMILES string of the molecule is N#Cc1ccc(Br)cc1NCC(O)COCC1CC1. The summed E-state index contributed by atoms with van der Waals surface area (Å²) in [6.45, 7) is 1.45. The van der Waals surface area contributed by atoms with Gasteiger partial charge in [0.1, 0.15) is 6.07 Å². The fourth-order valence-corrected chi connectivity index (χ4v) is 2.06. The second kappa shape index (κ2) is 6.90. The molecular weight excluding hydrogens is 308 g/mol. The first-order valence-electron chi connectivity index (χ1n) is 6.38.